The summed E-state index contributed by atoms with van der Waals surface area (Å²) in [7, 11) is 0. The zero-order valence-electron chi connectivity index (χ0n) is 10.3. The van der Waals surface area contributed by atoms with Crippen LogP contribution in [0, 0.1) is 11.3 Å². The second kappa shape index (κ2) is 6.07. The Labute approximate surface area is 116 Å². The molecule has 0 amide bonds. The normalized spacial score (nSPS) is 9.74. The molecule has 0 radical (unpaired) electrons. The minimum absolute atomic E-state index is 0.218. The molecule has 0 unspecified atom stereocenters. The van der Waals surface area contributed by atoms with Crippen LogP contribution in [0.4, 0.5) is 0 Å². The molecule has 0 aliphatic heterocycles. The van der Waals surface area contributed by atoms with Gasteiger partial charge in [-0.05, 0) is 25.1 Å². The molecule has 1 aromatic heterocycles. The summed E-state index contributed by atoms with van der Waals surface area (Å²) >= 11 is 5.81. The maximum absolute atomic E-state index is 8.85. The molecule has 4 nitrogen and oxygen atoms in total. The van der Waals surface area contributed by atoms with Crippen LogP contribution < -0.4 is 9.47 Å². The molecule has 2 rings (SSSR count). The number of ether oxygens (including phenoxy) is 2. The first-order valence-electron chi connectivity index (χ1n) is 5.69. The van der Waals surface area contributed by atoms with Crippen LogP contribution >= 0.6 is 11.6 Å². The molecule has 0 atom stereocenters. The van der Waals surface area contributed by atoms with Gasteiger partial charge in [-0.3, -0.25) is 0 Å². The van der Waals surface area contributed by atoms with E-state index in [1.807, 2.05) is 25.1 Å². The molecule has 0 aliphatic carbocycles. The van der Waals surface area contributed by atoms with E-state index in [0.29, 0.717) is 23.7 Å². The predicted molar refractivity (Wildman–Crippen MR) is 71.6 cm³/mol. The largest absolute Gasteiger partial charge is 0.494 e. The molecule has 0 aliphatic rings. The molecule has 96 valence electrons. The van der Waals surface area contributed by atoms with Crippen molar-refractivity contribution in [3.05, 3.63) is 47.1 Å². The molecular formula is C14H11ClN2O2. The number of hydrogen-bond acceptors (Lipinski definition) is 4. The zero-order valence-corrected chi connectivity index (χ0v) is 11.0. The van der Waals surface area contributed by atoms with E-state index in [2.05, 4.69) is 4.98 Å². The fourth-order valence-corrected chi connectivity index (χ4v) is 1.71. The fraction of sp³-hybridized carbons (Fsp3) is 0.143. The van der Waals surface area contributed by atoms with Crippen molar-refractivity contribution in [2.24, 2.45) is 0 Å². The summed E-state index contributed by atoms with van der Waals surface area (Å²) < 4.78 is 10.9. The van der Waals surface area contributed by atoms with Gasteiger partial charge in [-0.1, -0.05) is 17.7 Å². The van der Waals surface area contributed by atoms with E-state index in [4.69, 9.17) is 26.3 Å². The number of aromatic nitrogens is 1. The Morgan fingerprint density at radius 2 is 2.05 bits per heavy atom. The molecule has 1 heterocycles. The third-order valence-electron chi connectivity index (χ3n) is 2.24. The smallest absolute Gasteiger partial charge is 0.221 e. The maximum Gasteiger partial charge on any atom is 0.221 e. The lowest BCUT2D eigenvalue weighted by atomic mass is 10.3. The third-order valence-corrected chi connectivity index (χ3v) is 2.43. The van der Waals surface area contributed by atoms with E-state index in [0.717, 1.165) is 0 Å². The van der Waals surface area contributed by atoms with Gasteiger partial charge in [0.2, 0.25) is 5.88 Å². The highest BCUT2D eigenvalue weighted by atomic mass is 35.5. The average molecular weight is 275 g/mol. The monoisotopic (exact) mass is 274 g/mol. The predicted octanol–water partition coefficient (Wildman–Crippen LogP) is 3.80. The van der Waals surface area contributed by atoms with Crippen molar-refractivity contribution in [2.75, 3.05) is 6.61 Å². The summed E-state index contributed by atoms with van der Waals surface area (Å²) in [5.74, 6) is 1.56. The Bertz CT molecular complexity index is 623. The van der Waals surface area contributed by atoms with Crippen LogP contribution in [0.2, 0.25) is 5.15 Å². The van der Waals surface area contributed by atoms with Gasteiger partial charge in [0.05, 0.1) is 18.2 Å². The minimum Gasteiger partial charge on any atom is -0.494 e. The van der Waals surface area contributed by atoms with Crippen molar-refractivity contribution in [2.45, 2.75) is 6.92 Å². The maximum atomic E-state index is 8.85. The molecule has 0 saturated carbocycles. The Kier molecular flexibility index (Phi) is 4.22. The van der Waals surface area contributed by atoms with Gasteiger partial charge in [0.25, 0.3) is 0 Å². The molecule has 1 aromatic carbocycles. The minimum atomic E-state index is 0.218. The highest BCUT2D eigenvalue weighted by Crippen LogP contribution is 2.25. The lowest BCUT2D eigenvalue weighted by molar-refractivity contribution is 0.338. The Morgan fingerprint density at radius 1 is 1.26 bits per heavy atom. The van der Waals surface area contributed by atoms with Gasteiger partial charge in [0.1, 0.15) is 16.7 Å². The standard InChI is InChI=1S/C14H11ClN2O2/c1-2-18-11-4-3-5-12(8-11)19-14-7-10(9-16)6-13(15)17-14/h3-8H,2H2,1H3. The van der Waals surface area contributed by atoms with Crippen molar-refractivity contribution in [3.63, 3.8) is 0 Å². The van der Waals surface area contributed by atoms with Crippen LogP contribution in [-0.2, 0) is 0 Å². The summed E-state index contributed by atoms with van der Waals surface area (Å²) in [6.07, 6.45) is 0. The van der Waals surface area contributed by atoms with Crippen molar-refractivity contribution in [3.8, 4) is 23.4 Å². The molecule has 0 N–H and O–H groups in total. The van der Waals surface area contributed by atoms with Crippen LogP contribution in [-0.4, -0.2) is 11.6 Å². The van der Waals surface area contributed by atoms with Crippen molar-refractivity contribution >= 4 is 11.6 Å². The molecule has 2 aromatic rings. The number of pyridine rings is 1. The van der Waals surface area contributed by atoms with Gasteiger partial charge in [0.15, 0.2) is 0 Å². The van der Waals surface area contributed by atoms with Crippen LogP contribution in [0.15, 0.2) is 36.4 Å². The number of nitriles is 1. The topological polar surface area (TPSA) is 55.1 Å². The van der Waals surface area contributed by atoms with E-state index in [1.165, 1.54) is 12.1 Å². The first kappa shape index (κ1) is 13.2. The highest BCUT2D eigenvalue weighted by molar-refractivity contribution is 6.29. The molecule has 5 heteroatoms. The second-order valence-electron chi connectivity index (χ2n) is 3.64. The second-order valence-corrected chi connectivity index (χ2v) is 4.03. The summed E-state index contributed by atoms with van der Waals surface area (Å²) in [5.41, 5.74) is 0.399. The van der Waals surface area contributed by atoms with Crippen molar-refractivity contribution < 1.29 is 9.47 Å². The van der Waals surface area contributed by atoms with E-state index in [9.17, 15) is 0 Å². The summed E-state index contributed by atoms with van der Waals surface area (Å²) in [4.78, 5) is 4.00. The first-order chi connectivity index (χ1) is 9.21. The summed E-state index contributed by atoms with van der Waals surface area (Å²) in [6, 6.07) is 12.2. The molecule has 0 saturated heterocycles. The number of hydrogen-bond donors (Lipinski definition) is 0. The van der Waals surface area contributed by atoms with Gasteiger partial charge in [-0.15, -0.1) is 0 Å². The zero-order chi connectivity index (χ0) is 13.7. The van der Waals surface area contributed by atoms with Gasteiger partial charge >= 0.3 is 0 Å². The van der Waals surface area contributed by atoms with Crippen molar-refractivity contribution in [1.29, 1.82) is 5.26 Å². The molecular weight excluding hydrogens is 264 g/mol. The number of benzene rings is 1. The molecule has 19 heavy (non-hydrogen) atoms. The summed E-state index contributed by atoms with van der Waals surface area (Å²) in [6.45, 7) is 2.49. The van der Waals surface area contributed by atoms with Crippen LogP contribution in [0.3, 0.4) is 0 Å². The van der Waals surface area contributed by atoms with E-state index >= 15 is 0 Å². The van der Waals surface area contributed by atoms with Crippen LogP contribution in [0.1, 0.15) is 12.5 Å². The SMILES string of the molecule is CCOc1cccc(Oc2cc(C#N)cc(Cl)n2)c1. The van der Waals surface area contributed by atoms with Gasteiger partial charge < -0.3 is 9.47 Å². The number of nitrogens with zero attached hydrogens (tertiary/aromatic N) is 2. The Morgan fingerprint density at radius 3 is 2.79 bits per heavy atom. The van der Waals surface area contributed by atoms with E-state index in [-0.39, 0.29) is 11.0 Å². The number of rotatable bonds is 4. The average Bonchev–Trinajstić information content (AvgIpc) is 2.39. The lowest BCUT2D eigenvalue weighted by Crippen LogP contribution is -1.93. The van der Waals surface area contributed by atoms with E-state index < -0.39 is 0 Å². The van der Waals surface area contributed by atoms with Gasteiger partial charge in [-0.25, -0.2) is 4.98 Å². The molecule has 0 spiro atoms. The van der Waals surface area contributed by atoms with Gasteiger partial charge in [-0.2, -0.15) is 5.26 Å². The van der Waals surface area contributed by atoms with Gasteiger partial charge in [0, 0.05) is 12.1 Å². The number of halogens is 1. The lowest BCUT2D eigenvalue weighted by Gasteiger charge is -2.07. The third kappa shape index (κ3) is 3.60. The molecule has 0 fully saturated rings. The fourth-order valence-electron chi connectivity index (χ4n) is 1.50. The Hall–Kier alpha value is -2.25. The first-order valence-corrected chi connectivity index (χ1v) is 6.07. The Balaban J connectivity index is 2.23. The molecule has 0 bridgehead atoms. The summed E-state index contributed by atoms with van der Waals surface area (Å²) in [5, 5.41) is 9.07. The van der Waals surface area contributed by atoms with Crippen LogP contribution in [0.5, 0.6) is 17.4 Å². The van der Waals surface area contributed by atoms with E-state index in [1.54, 1.807) is 12.1 Å². The quantitative estimate of drug-likeness (QED) is 0.796. The van der Waals surface area contributed by atoms with Crippen molar-refractivity contribution in [1.82, 2.24) is 4.98 Å². The van der Waals surface area contributed by atoms with Crippen LogP contribution in [0.25, 0.3) is 0 Å². The highest BCUT2D eigenvalue weighted by Gasteiger charge is 2.04.